The molecule has 0 heterocycles. The molecule has 0 saturated heterocycles. The molecule has 1 aromatic rings. The molecular formula is C10H11ClO. The van der Waals surface area contributed by atoms with Crippen LogP contribution in [0, 0.1) is 0 Å². The van der Waals surface area contributed by atoms with Crippen LogP contribution < -0.4 is 0 Å². The molecule has 0 radical (unpaired) electrons. The first kappa shape index (κ1) is 9.30. The Morgan fingerprint density at radius 1 is 1.58 bits per heavy atom. The van der Waals surface area contributed by atoms with E-state index in [2.05, 4.69) is 0 Å². The van der Waals surface area contributed by atoms with Gasteiger partial charge in [-0.2, -0.15) is 0 Å². The maximum Gasteiger partial charge on any atom is 0.0618 e. The maximum absolute atomic E-state index is 8.66. The molecule has 12 heavy (non-hydrogen) atoms. The van der Waals surface area contributed by atoms with Crippen molar-refractivity contribution in [1.82, 2.24) is 0 Å². The Morgan fingerprint density at radius 3 is 2.92 bits per heavy atom. The molecule has 0 bridgehead atoms. The van der Waals surface area contributed by atoms with Crippen molar-refractivity contribution in [3.8, 4) is 0 Å². The first-order valence-electron chi connectivity index (χ1n) is 3.77. The highest BCUT2D eigenvalue weighted by Crippen LogP contribution is 2.17. The predicted octanol–water partition coefficient (Wildman–Crippen LogP) is 2.74. The summed E-state index contributed by atoms with van der Waals surface area (Å²) in [5, 5.41) is 9.38. The number of allylic oxidation sites excluding steroid dienone is 1. The monoisotopic (exact) mass is 182 g/mol. The third-order valence-electron chi connectivity index (χ3n) is 1.68. The quantitative estimate of drug-likeness (QED) is 0.746. The molecule has 0 aromatic heterocycles. The largest absolute Gasteiger partial charge is 0.392 e. The first-order chi connectivity index (χ1) is 5.74. The number of rotatable bonds is 2. The molecule has 1 nitrogen and oxygen atoms in total. The summed E-state index contributed by atoms with van der Waals surface area (Å²) in [7, 11) is 0. The molecule has 0 saturated carbocycles. The Kier molecular flexibility index (Phi) is 3.32. The summed E-state index contributed by atoms with van der Waals surface area (Å²) in [5.74, 6) is 0. The Morgan fingerprint density at radius 2 is 2.33 bits per heavy atom. The van der Waals surface area contributed by atoms with E-state index in [-0.39, 0.29) is 6.61 Å². The van der Waals surface area contributed by atoms with Crippen LogP contribution in [0.2, 0.25) is 5.02 Å². The maximum atomic E-state index is 8.66. The summed E-state index contributed by atoms with van der Waals surface area (Å²) < 4.78 is 0. The van der Waals surface area contributed by atoms with Gasteiger partial charge in [-0.15, -0.1) is 0 Å². The second kappa shape index (κ2) is 4.29. The highest BCUT2D eigenvalue weighted by Gasteiger charge is 1.94. The molecule has 0 aliphatic rings. The highest BCUT2D eigenvalue weighted by atomic mass is 35.5. The molecule has 1 N–H and O–H groups in total. The average Bonchev–Trinajstić information content (AvgIpc) is 2.05. The minimum atomic E-state index is 0.0678. The van der Waals surface area contributed by atoms with Gasteiger partial charge in [0.15, 0.2) is 0 Å². The van der Waals surface area contributed by atoms with E-state index < -0.39 is 0 Å². The van der Waals surface area contributed by atoms with Crippen LogP contribution in [-0.2, 0) is 0 Å². The van der Waals surface area contributed by atoms with Crippen LogP contribution >= 0.6 is 11.6 Å². The summed E-state index contributed by atoms with van der Waals surface area (Å²) in [4.78, 5) is 0. The number of aliphatic hydroxyl groups excluding tert-OH is 1. The minimum Gasteiger partial charge on any atom is -0.392 e. The molecule has 0 aliphatic carbocycles. The fraction of sp³-hybridized carbons (Fsp3) is 0.200. The summed E-state index contributed by atoms with van der Waals surface area (Å²) in [6, 6.07) is 7.57. The van der Waals surface area contributed by atoms with Crippen molar-refractivity contribution in [2.75, 3.05) is 6.61 Å². The van der Waals surface area contributed by atoms with E-state index in [1.807, 2.05) is 31.2 Å². The second-order valence-corrected chi connectivity index (χ2v) is 3.02. The van der Waals surface area contributed by atoms with Crippen molar-refractivity contribution in [2.45, 2.75) is 6.92 Å². The van der Waals surface area contributed by atoms with E-state index >= 15 is 0 Å². The lowest BCUT2D eigenvalue weighted by Crippen LogP contribution is -1.81. The lowest BCUT2D eigenvalue weighted by Gasteiger charge is -2.00. The molecular weight excluding hydrogens is 172 g/mol. The van der Waals surface area contributed by atoms with E-state index in [4.69, 9.17) is 16.7 Å². The first-order valence-corrected chi connectivity index (χ1v) is 4.15. The second-order valence-electron chi connectivity index (χ2n) is 2.58. The standard InChI is InChI=1S/C10H11ClO/c1-8(5-6-12)9-3-2-4-10(11)7-9/h2-5,7,12H,6H2,1H3/b8-5-. The van der Waals surface area contributed by atoms with Gasteiger partial charge in [-0.1, -0.05) is 29.8 Å². The minimum absolute atomic E-state index is 0.0678. The lowest BCUT2D eigenvalue weighted by atomic mass is 10.1. The van der Waals surface area contributed by atoms with Crippen molar-refractivity contribution >= 4 is 17.2 Å². The predicted molar refractivity (Wildman–Crippen MR) is 52.2 cm³/mol. The van der Waals surface area contributed by atoms with E-state index in [0.717, 1.165) is 16.2 Å². The number of halogens is 1. The van der Waals surface area contributed by atoms with Crippen LogP contribution in [0.1, 0.15) is 12.5 Å². The summed E-state index contributed by atoms with van der Waals surface area (Å²) >= 11 is 5.80. The van der Waals surface area contributed by atoms with Crippen molar-refractivity contribution in [2.24, 2.45) is 0 Å². The SMILES string of the molecule is C/C(=C/CO)c1cccc(Cl)c1. The van der Waals surface area contributed by atoms with Crippen molar-refractivity contribution < 1.29 is 5.11 Å². The Hall–Kier alpha value is -0.790. The van der Waals surface area contributed by atoms with Crippen LogP contribution in [-0.4, -0.2) is 11.7 Å². The van der Waals surface area contributed by atoms with Crippen LogP contribution in [0.3, 0.4) is 0 Å². The van der Waals surface area contributed by atoms with Gasteiger partial charge in [0.25, 0.3) is 0 Å². The van der Waals surface area contributed by atoms with E-state index in [1.165, 1.54) is 0 Å². The molecule has 0 atom stereocenters. The average molecular weight is 183 g/mol. The Bertz CT molecular complexity index is 292. The fourth-order valence-electron chi connectivity index (χ4n) is 0.989. The molecule has 0 spiro atoms. The van der Waals surface area contributed by atoms with Gasteiger partial charge in [-0.3, -0.25) is 0 Å². The fourth-order valence-corrected chi connectivity index (χ4v) is 1.18. The molecule has 0 fully saturated rings. The van der Waals surface area contributed by atoms with Gasteiger partial charge in [0.2, 0.25) is 0 Å². The summed E-state index contributed by atoms with van der Waals surface area (Å²) in [5.41, 5.74) is 2.09. The molecule has 0 amide bonds. The van der Waals surface area contributed by atoms with Gasteiger partial charge in [0.05, 0.1) is 6.61 Å². The number of aliphatic hydroxyl groups is 1. The Balaban J connectivity index is 2.95. The third-order valence-corrected chi connectivity index (χ3v) is 1.91. The van der Waals surface area contributed by atoms with E-state index in [0.29, 0.717) is 0 Å². The Labute approximate surface area is 77.3 Å². The van der Waals surface area contributed by atoms with Crippen LogP contribution in [0.25, 0.3) is 5.57 Å². The molecule has 2 heteroatoms. The van der Waals surface area contributed by atoms with Gasteiger partial charge >= 0.3 is 0 Å². The number of benzene rings is 1. The van der Waals surface area contributed by atoms with Gasteiger partial charge in [0, 0.05) is 5.02 Å². The lowest BCUT2D eigenvalue weighted by molar-refractivity contribution is 0.343. The van der Waals surface area contributed by atoms with Crippen molar-refractivity contribution in [3.63, 3.8) is 0 Å². The summed E-state index contributed by atoms with van der Waals surface area (Å²) in [6.07, 6.45) is 1.76. The molecule has 1 aromatic carbocycles. The van der Waals surface area contributed by atoms with Crippen molar-refractivity contribution in [3.05, 3.63) is 40.9 Å². The van der Waals surface area contributed by atoms with Crippen LogP contribution in [0.4, 0.5) is 0 Å². The topological polar surface area (TPSA) is 20.2 Å². The van der Waals surface area contributed by atoms with Gasteiger partial charge in [-0.25, -0.2) is 0 Å². The van der Waals surface area contributed by atoms with E-state index in [1.54, 1.807) is 6.08 Å². The molecule has 0 aliphatic heterocycles. The van der Waals surface area contributed by atoms with Crippen molar-refractivity contribution in [1.29, 1.82) is 0 Å². The van der Waals surface area contributed by atoms with E-state index in [9.17, 15) is 0 Å². The summed E-state index contributed by atoms with van der Waals surface area (Å²) in [6.45, 7) is 2.01. The van der Waals surface area contributed by atoms with Crippen LogP contribution in [0.15, 0.2) is 30.3 Å². The molecule has 0 unspecified atom stereocenters. The zero-order chi connectivity index (χ0) is 8.97. The third kappa shape index (κ3) is 2.36. The smallest absolute Gasteiger partial charge is 0.0618 e. The van der Waals surface area contributed by atoms with Gasteiger partial charge in [0.1, 0.15) is 0 Å². The number of hydrogen-bond acceptors (Lipinski definition) is 1. The van der Waals surface area contributed by atoms with Gasteiger partial charge < -0.3 is 5.11 Å². The van der Waals surface area contributed by atoms with Crippen LogP contribution in [0.5, 0.6) is 0 Å². The zero-order valence-corrected chi connectivity index (χ0v) is 7.67. The molecule has 64 valence electrons. The highest BCUT2D eigenvalue weighted by molar-refractivity contribution is 6.30. The zero-order valence-electron chi connectivity index (χ0n) is 6.92. The number of hydrogen-bond donors (Lipinski definition) is 1. The normalized spacial score (nSPS) is 11.8. The van der Waals surface area contributed by atoms with Gasteiger partial charge in [-0.05, 0) is 30.2 Å². The molecule has 1 rings (SSSR count).